The summed E-state index contributed by atoms with van der Waals surface area (Å²) in [6, 6.07) is 0. The smallest absolute Gasteiger partial charge is 0.135 e. The zero-order valence-electron chi connectivity index (χ0n) is 9.53. The van der Waals surface area contributed by atoms with Gasteiger partial charge in [0, 0.05) is 6.61 Å². The van der Waals surface area contributed by atoms with E-state index in [1.165, 1.54) is 0 Å². The third kappa shape index (κ3) is 1.64. The molecule has 0 amide bonds. The predicted molar refractivity (Wildman–Crippen MR) is 56.6 cm³/mol. The molecular formula is C12H18O3. The Morgan fingerprint density at radius 3 is 3.00 bits per heavy atom. The van der Waals surface area contributed by atoms with Crippen molar-refractivity contribution in [2.45, 2.75) is 45.0 Å². The van der Waals surface area contributed by atoms with Gasteiger partial charge in [0.2, 0.25) is 0 Å². The number of carbonyl (C=O) groups is 1. The van der Waals surface area contributed by atoms with Crippen molar-refractivity contribution in [2.24, 2.45) is 5.92 Å². The molecule has 0 aromatic heterocycles. The number of carbonyl (C=O) groups excluding carboxylic acids is 1. The van der Waals surface area contributed by atoms with Gasteiger partial charge < -0.3 is 9.47 Å². The SMILES string of the molecule is CCOC(C)C12C=CC(O1)C(C(C)=O)C2. The standard InChI is InChI=1S/C12H18O3/c1-4-14-9(3)12-6-5-11(15-12)10(7-12)8(2)13/h5-6,9-11H,4,7H2,1-3H3. The maximum atomic E-state index is 11.4. The van der Waals surface area contributed by atoms with Gasteiger partial charge in [-0.1, -0.05) is 12.2 Å². The normalized spacial score (nSPS) is 39.7. The molecular weight excluding hydrogens is 192 g/mol. The zero-order valence-corrected chi connectivity index (χ0v) is 9.53. The molecule has 0 aromatic rings. The maximum Gasteiger partial charge on any atom is 0.135 e. The quantitative estimate of drug-likeness (QED) is 0.663. The van der Waals surface area contributed by atoms with Crippen molar-refractivity contribution in [3.8, 4) is 0 Å². The van der Waals surface area contributed by atoms with Crippen molar-refractivity contribution >= 4 is 5.78 Å². The third-order valence-electron chi connectivity index (χ3n) is 3.49. The minimum Gasteiger partial charge on any atom is -0.375 e. The van der Waals surface area contributed by atoms with Gasteiger partial charge in [-0.2, -0.15) is 0 Å². The fraction of sp³-hybridized carbons (Fsp3) is 0.750. The maximum absolute atomic E-state index is 11.4. The molecule has 2 aliphatic heterocycles. The second-order valence-corrected chi connectivity index (χ2v) is 4.42. The number of Topliss-reactive ketones (excluding diaryl/α,β-unsaturated/α-hetero) is 1. The minimum atomic E-state index is -0.350. The Bertz CT molecular complexity index is 297. The van der Waals surface area contributed by atoms with Crippen LogP contribution in [0, 0.1) is 5.92 Å². The van der Waals surface area contributed by atoms with E-state index in [2.05, 4.69) is 6.08 Å². The summed E-state index contributed by atoms with van der Waals surface area (Å²) < 4.78 is 11.5. The largest absolute Gasteiger partial charge is 0.375 e. The molecule has 4 atom stereocenters. The molecule has 2 aliphatic rings. The van der Waals surface area contributed by atoms with Crippen molar-refractivity contribution in [1.29, 1.82) is 0 Å². The van der Waals surface area contributed by atoms with Crippen LogP contribution in [0.1, 0.15) is 27.2 Å². The van der Waals surface area contributed by atoms with Crippen LogP contribution in [0.4, 0.5) is 0 Å². The summed E-state index contributed by atoms with van der Waals surface area (Å²) >= 11 is 0. The van der Waals surface area contributed by atoms with E-state index in [9.17, 15) is 4.79 Å². The fourth-order valence-corrected chi connectivity index (χ4v) is 2.55. The zero-order chi connectivity index (χ0) is 11.1. The number of ketones is 1. The second-order valence-electron chi connectivity index (χ2n) is 4.42. The van der Waals surface area contributed by atoms with Gasteiger partial charge in [-0.3, -0.25) is 4.79 Å². The third-order valence-corrected chi connectivity index (χ3v) is 3.49. The van der Waals surface area contributed by atoms with Gasteiger partial charge in [-0.15, -0.1) is 0 Å². The van der Waals surface area contributed by atoms with Crippen molar-refractivity contribution < 1.29 is 14.3 Å². The Morgan fingerprint density at radius 2 is 2.47 bits per heavy atom. The first-order valence-electron chi connectivity index (χ1n) is 5.58. The lowest BCUT2D eigenvalue weighted by molar-refractivity contribution is -0.121. The Balaban J connectivity index is 2.13. The molecule has 2 rings (SSSR count). The minimum absolute atomic E-state index is 0.0214. The van der Waals surface area contributed by atoms with E-state index in [4.69, 9.17) is 9.47 Å². The Morgan fingerprint density at radius 1 is 1.73 bits per heavy atom. The average Bonchev–Trinajstić information content (AvgIpc) is 2.76. The number of ether oxygens (including phenoxy) is 2. The molecule has 3 nitrogen and oxygen atoms in total. The molecule has 4 unspecified atom stereocenters. The highest BCUT2D eigenvalue weighted by atomic mass is 16.6. The molecule has 84 valence electrons. The van der Waals surface area contributed by atoms with E-state index in [0.717, 1.165) is 6.42 Å². The summed E-state index contributed by atoms with van der Waals surface area (Å²) in [7, 11) is 0. The lowest BCUT2D eigenvalue weighted by Gasteiger charge is -2.29. The molecule has 2 bridgehead atoms. The van der Waals surface area contributed by atoms with E-state index < -0.39 is 0 Å². The summed E-state index contributed by atoms with van der Waals surface area (Å²) in [5.74, 6) is 0.243. The number of hydrogen-bond acceptors (Lipinski definition) is 3. The van der Waals surface area contributed by atoms with E-state index in [1.54, 1.807) is 6.92 Å². The van der Waals surface area contributed by atoms with Crippen molar-refractivity contribution in [2.75, 3.05) is 6.61 Å². The van der Waals surface area contributed by atoms with Gasteiger partial charge >= 0.3 is 0 Å². The molecule has 0 aromatic carbocycles. The van der Waals surface area contributed by atoms with Crippen LogP contribution in [0.2, 0.25) is 0 Å². The molecule has 0 aliphatic carbocycles. The Kier molecular flexibility index (Phi) is 2.69. The summed E-state index contributed by atoms with van der Waals surface area (Å²) in [6.07, 6.45) is 4.84. The summed E-state index contributed by atoms with van der Waals surface area (Å²) in [5, 5.41) is 0. The fourth-order valence-electron chi connectivity index (χ4n) is 2.55. The lowest BCUT2D eigenvalue weighted by Crippen LogP contribution is -2.39. The van der Waals surface area contributed by atoms with Crippen LogP contribution in [0.3, 0.4) is 0 Å². The van der Waals surface area contributed by atoms with Crippen LogP contribution in [0.25, 0.3) is 0 Å². The molecule has 0 spiro atoms. The summed E-state index contributed by atoms with van der Waals surface area (Å²) in [4.78, 5) is 11.4. The van der Waals surface area contributed by atoms with Crippen LogP contribution < -0.4 is 0 Å². The van der Waals surface area contributed by atoms with Gasteiger partial charge in [-0.25, -0.2) is 0 Å². The molecule has 1 fully saturated rings. The first-order chi connectivity index (χ1) is 7.09. The highest BCUT2D eigenvalue weighted by Crippen LogP contribution is 2.45. The number of hydrogen-bond donors (Lipinski definition) is 0. The molecule has 15 heavy (non-hydrogen) atoms. The van der Waals surface area contributed by atoms with Crippen LogP contribution in [-0.2, 0) is 14.3 Å². The van der Waals surface area contributed by atoms with Crippen LogP contribution in [-0.4, -0.2) is 30.2 Å². The van der Waals surface area contributed by atoms with Crippen LogP contribution in [0.15, 0.2) is 12.2 Å². The predicted octanol–water partition coefficient (Wildman–Crippen LogP) is 1.71. The van der Waals surface area contributed by atoms with E-state index in [1.807, 2.05) is 19.9 Å². The average molecular weight is 210 g/mol. The van der Waals surface area contributed by atoms with E-state index in [-0.39, 0.29) is 29.5 Å². The first-order valence-corrected chi connectivity index (χ1v) is 5.58. The van der Waals surface area contributed by atoms with Gasteiger partial charge in [0.15, 0.2) is 0 Å². The van der Waals surface area contributed by atoms with Crippen molar-refractivity contribution in [3.63, 3.8) is 0 Å². The van der Waals surface area contributed by atoms with Crippen molar-refractivity contribution in [1.82, 2.24) is 0 Å². The first kappa shape index (κ1) is 10.8. The topological polar surface area (TPSA) is 35.5 Å². The molecule has 0 radical (unpaired) electrons. The summed E-state index contributed by atoms with van der Waals surface area (Å²) in [6.45, 7) is 6.30. The van der Waals surface area contributed by atoms with Gasteiger partial charge in [0.05, 0.1) is 18.1 Å². The Labute approximate surface area is 90.4 Å². The van der Waals surface area contributed by atoms with Crippen LogP contribution in [0.5, 0.6) is 0 Å². The van der Waals surface area contributed by atoms with E-state index in [0.29, 0.717) is 6.61 Å². The van der Waals surface area contributed by atoms with Gasteiger partial charge in [-0.05, 0) is 27.2 Å². The van der Waals surface area contributed by atoms with Gasteiger partial charge in [0.25, 0.3) is 0 Å². The van der Waals surface area contributed by atoms with Crippen molar-refractivity contribution in [3.05, 3.63) is 12.2 Å². The highest BCUT2D eigenvalue weighted by Gasteiger charge is 2.53. The Hall–Kier alpha value is -0.670. The molecule has 3 heteroatoms. The number of rotatable bonds is 4. The second kappa shape index (κ2) is 3.72. The highest BCUT2D eigenvalue weighted by molar-refractivity contribution is 5.80. The monoisotopic (exact) mass is 210 g/mol. The molecule has 1 saturated heterocycles. The van der Waals surface area contributed by atoms with E-state index >= 15 is 0 Å². The lowest BCUT2D eigenvalue weighted by atomic mass is 9.82. The van der Waals surface area contributed by atoms with Crippen LogP contribution >= 0.6 is 0 Å². The summed E-state index contributed by atoms with van der Waals surface area (Å²) in [5.41, 5.74) is -0.350. The van der Waals surface area contributed by atoms with Gasteiger partial charge in [0.1, 0.15) is 11.4 Å². The number of fused-ring (bicyclic) bond motifs is 2. The molecule has 0 N–H and O–H groups in total. The molecule has 2 heterocycles. The molecule has 0 saturated carbocycles.